The quantitative estimate of drug-likeness (QED) is 0.719. The van der Waals surface area contributed by atoms with Crippen LogP contribution in [0.15, 0.2) is 6.33 Å². The highest BCUT2D eigenvalue weighted by molar-refractivity contribution is 7.86. The summed E-state index contributed by atoms with van der Waals surface area (Å²) >= 11 is 0. The molecule has 11 heteroatoms. The molecule has 1 spiro atoms. The fourth-order valence-corrected chi connectivity index (χ4v) is 4.42. The third-order valence-corrected chi connectivity index (χ3v) is 6.10. The normalized spacial score (nSPS) is 22.5. The Hall–Kier alpha value is -1.49. The molecule has 0 radical (unpaired) electrons. The molecule has 2 saturated heterocycles. The highest BCUT2D eigenvalue weighted by Crippen LogP contribution is 2.44. The number of carbonyl (C=O) groups is 1. The molecule has 2 fully saturated rings. The Morgan fingerprint density at radius 1 is 1.21 bits per heavy atom. The van der Waals surface area contributed by atoms with Crippen LogP contribution in [0.3, 0.4) is 0 Å². The van der Waals surface area contributed by atoms with Crippen molar-refractivity contribution >= 4 is 40.2 Å². The molecule has 4 heterocycles. The van der Waals surface area contributed by atoms with E-state index in [1.54, 1.807) is 0 Å². The number of nitrogens with two attached hydrogens (primary N) is 1. The summed E-state index contributed by atoms with van der Waals surface area (Å²) in [5.41, 5.74) is 0.976. The number of amides is 1. The van der Waals surface area contributed by atoms with E-state index < -0.39 is 10.2 Å². The van der Waals surface area contributed by atoms with Crippen molar-refractivity contribution in [2.24, 2.45) is 10.6 Å². The molecular formula is C13H19ClN6O3S. The number of halogens is 1. The van der Waals surface area contributed by atoms with Crippen LogP contribution in [-0.2, 0) is 21.4 Å². The van der Waals surface area contributed by atoms with E-state index >= 15 is 0 Å². The third kappa shape index (κ3) is 2.83. The first-order chi connectivity index (χ1) is 10.9. The topological polar surface area (TPSA) is 122 Å². The van der Waals surface area contributed by atoms with Crippen molar-refractivity contribution in [2.45, 2.75) is 19.3 Å². The van der Waals surface area contributed by atoms with Crippen LogP contribution in [0.4, 0.5) is 11.6 Å². The zero-order valence-electron chi connectivity index (χ0n) is 12.9. The Kier molecular flexibility index (Phi) is 4.19. The van der Waals surface area contributed by atoms with Crippen LogP contribution in [0, 0.1) is 5.41 Å². The lowest BCUT2D eigenvalue weighted by molar-refractivity contribution is -0.115. The number of rotatable bonds is 2. The van der Waals surface area contributed by atoms with Gasteiger partial charge in [-0.15, -0.1) is 12.4 Å². The van der Waals surface area contributed by atoms with Gasteiger partial charge in [-0.1, -0.05) is 0 Å². The molecule has 9 nitrogen and oxygen atoms in total. The Morgan fingerprint density at radius 2 is 1.88 bits per heavy atom. The van der Waals surface area contributed by atoms with Crippen LogP contribution in [0.1, 0.15) is 18.4 Å². The van der Waals surface area contributed by atoms with Crippen molar-refractivity contribution in [2.75, 3.05) is 36.4 Å². The highest BCUT2D eigenvalue weighted by atomic mass is 35.5. The van der Waals surface area contributed by atoms with Gasteiger partial charge >= 0.3 is 0 Å². The lowest BCUT2D eigenvalue weighted by Gasteiger charge is -2.54. The van der Waals surface area contributed by atoms with E-state index in [9.17, 15) is 13.2 Å². The molecule has 1 amide bonds. The summed E-state index contributed by atoms with van der Waals surface area (Å²) in [7, 11) is -3.59. The fourth-order valence-electron chi connectivity index (χ4n) is 3.73. The largest absolute Gasteiger partial charge is 0.355 e. The van der Waals surface area contributed by atoms with E-state index in [-0.39, 0.29) is 23.7 Å². The Bertz CT molecular complexity index is 770. The summed E-state index contributed by atoms with van der Waals surface area (Å²) < 4.78 is 24.1. The molecule has 3 aliphatic rings. The first-order valence-corrected chi connectivity index (χ1v) is 9.03. The molecule has 0 aliphatic carbocycles. The fraction of sp³-hybridized carbons (Fsp3) is 0.615. The monoisotopic (exact) mass is 374 g/mol. The van der Waals surface area contributed by atoms with Crippen molar-refractivity contribution < 1.29 is 13.2 Å². The minimum atomic E-state index is -3.59. The van der Waals surface area contributed by atoms with Crippen molar-refractivity contribution in [1.82, 2.24) is 14.3 Å². The van der Waals surface area contributed by atoms with E-state index in [0.717, 1.165) is 37.3 Å². The molecule has 0 atom stereocenters. The summed E-state index contributed by atoms with van der Waals surface area (Å²) in [6, 6.07) is 0. The van der Waals surface area contributed by atoms with E-state index in [0.29, 0.717) is 25.3 Å². The average Bonchev–Trinajstić information content (AvgIpc) is 2.84. The van der Waals surface area contributed by atoms with Crippen LogP contribution in [0.5, 0.6) is 0 Å². The molecular weight excluding hydrogens is 356 g/mol. The van der Waals surface area contributed by atoms with Gasteiger partial charge in [0.1, 0.15) is 18.0 Å². The number of hydrogen-bond acceptors (Lipinski definition) is 6. The molecule has 1 aromatic heterocycles. The summed E-state index contributed by atoms with van der Waals surface area (Å²) in [6.07, 6.45) is 3.37. The van der Waals surface area contributed by atoms with Gasteiger partial charge in [0.05, 0.1) is 6.42 Å². The highest BCUT2D eigenvalue weighted by Gasteiger charge is 2.47. The second-order valence-corrected chi connectivity index (χ2v) is 8.10. The van der Waals surface area contributed by atoms with Crippen molar-refractivity contribution in [1.29, 1.82) is 0 Å². The standard InChI is InChI=1S/C13H18N6O3S.ClH/c14-23(21,22)19-3-1-13(2-4-19)6-18(7-13)12-9-5-10(20)17-11(9)15-8-16-12;/h8H,1-7H2,(H2,14,21,22)(H,15,16,17,20);1H. The zero-order chi connectivity index (χ0) is 16.2. The lowest BCUT2D eigenvalue weighted by atomic mass is 9.72. The molecule has 1 aromatic rings. The summed E-state index contributed by atoms with van der Waals surface area (Å²) in [4.78, 5) is 22.1. The van der Waals surface area contributed by atoms with Gasteiger partial charge in [0.2, 0.25) is 5.91 Å². The van der Waals surface area contributed by atoms with Gasteiger partial charge in [0.15, 0.2) is 0 Å². The van der Waals surface area contributed by atoms with Gasteiger partial charge in [0.25, 0.3) is 10.2 Å². The van der Waals surface area contributed by atoms with Gasteiger partial charge in [-0.25, -0.2) is 15.1 Å². The molecule has 0 aromatic carbocycles. The molecule has 4 rings (SSSR count). The smallest absolute Gasteiger partial charge is 0.276 e. The van der Waals surface area contributed by atoms with E-state index in [1.165, 1.54) is 10.6 Å². The minimum Gasteiger partial charge on any atom is -0.355 e. The van der Waals surface area contributed by atoms with Gasteiger partial charge in [-0.3, -0.25) is 4.79 Å². The molecule has 0 saturated carbocycles. The number of nitrogens with zero attached hydrogens (tertiary/aromatic N) is 4. The summed E-state index contributed by atoms with van der Waals surface area (Å²) in [5, 5.41) is 7.91. The van der Waals surface area contributed by atoms with Crippen molar-refractivity contribution in [3.8, 4) is 0 Å². The molecule has 3 N–H and O–H groups in total. The number of hydrogen-bond donors (Lipinski definition) is 2. The van der Waals surface area contributed by atoms with Crippen LogP contribution in [-0.4, -0.2) is 54.8 Å². The van der Waals surface area contributed by atoms with Gasteiger partial charge in [0, 0.05) is 37.2 Å². The number of aromatic nitrogens is 2. The first kappa shape index (κ1) is 17.3. The summed E-state index contributed by atoms with van der Waals surface area (Å²) in [5.74, 6) is 1.36. The molecule has 24 heavy (non-hydrogen) atoms. The van der Waals surface area contributed by atoms with Crippen molar-refractivity contribution in [3.63, 3.8) is 0 Å². The molecule has 3 aliphatic heterocycles. The minimum absolute atomic E-state index is 0. The van der Waals surface area contributed by atoms with Crippen molar-refractivity contribution in [3.05, 3.63) is 11.9 Å². The van der Waals surface area contributed by atoms with E-state index in [2.05, 4.69) is 20.2 Å². The van der Waals surface area contributed by atoms with E-state index in [4.69, 9.17) is 5.14 Å². The lowest BCUT2D eigenvalue weighted by Crippen LogP contribution is -2.61. The number of fused-ring (bicyclic) bond motifs is 1. The number of carbonyl (C=O) groups excluding carboxylic acids is 1. The maximum atomic E-state index is 11.5. The van der Waals surface area contributed by atoms with Gasteiger partial charge in [-0.05, 0) is 12.8 Å². The van der Waals surface area contributed by atoms with E-state index in [1.807, 2.05) is 0 Å². The average molecular weight is 375 g/mol. The second kappa shape index (κ2) is 5.80. The number of anilines is 2. The Morgan fingerprint density at radius 3 is 2.50 bits per heavy atom. The van der Waals surface area contributed by atoms with Crippen LogP contribution in [0.25, 0.3) is 0 Å². The second-order valence-electron chi connectivity index (χ2n) is 6.55. The first-order valence-electron chi connectivity index (χ1n) is 7.53. The van der Waals surface area contributed by atoms with Crippen LogP contribution >= 0.6 is 12.4 Å². The van der Waals surface area contributed by atoms with Crippen LogP contribution in [0.2, 0.25) is 0 Å². The maximum Gasteiger partial charge on any atom is 0.276 e. The predicted octanol–water partition coefficient (Wildman–Crippen LogP) is -0.501. The molecule has 132 valence electrons. The Balaban J connectivity index is 0.00000169. The zero-order valence-corrected chi connectivity index (χ0v) is 14.6. The third-order valence-electron chi connectivity index (χ3n) is 5.01. The van der Waals surface area contributed by atoms with Crippen LogP contribution < -0.4 is 15.4 Å². The Labute approximate surface area is 146 Å². The molecule has 0 bridgehead atoms. The van der Waals surface area contributed by atoms with Gasteiger partial charge in [-0.2, -0.15) is 12.7 Å². The maximum absolute atomic E-state index is 11.5. The number of nitrogens with one attached hydrogen (secondary N) is 1. The predicted molar refractivity (Wildman–Crippen MR) is 90.2 cm³/mol. The molecule has 0 unspecified atom stereocenters. The SMILES string of the molecule is Cl.NS(=O)(=O)N1CCC2(CC1)CN(c1ncnc3c1CC(=O)N3)C2. The summed E-state index contributed by atoms with van der Waals surface area (Å²) in [6.45, 7) is 2.58. The van der Waals surface area contributed by atoms with Gasteiger partial charge < -0.3 is 10.2 Å². The number of piperidine rings is 1.